The maximum absolute atomic E-state index is 12.3. The Morgan fingerprint density at radius 3 is 2.96 bits per heavy atom. The first-order chi connectivity index (χ1) is 11.6. The molecule has 3 rings (SSSR count). The quantitative estimate of drug-likeness (QED) is 0.824. The van der Waals surface area contributed by atoms with E-state index >= 15 is 0 Å². The summed E-state index contributed by atoms with van der Waals surface area (Å²) in [7, 11) is 0. The fraction of sp³-hybridized carbons (Fsp3) is 0.625. The predicted molar refractivity (Wildman–Crippen MR) is 89.4 cm³/mol. The highest BCUT2D eigenvalue weighted by molar-refractivity contribution is 5.91. The van der Waals surface area contributed by atoms with Crippen molar-refractivity contribution in [3.05, 3.63) is 30.1 Å². The molecular weight excluding hydrogens is 306 g/mol. The molecule has 2 N–H and O–H groups in total. The monoisotopic (exact) mass is 331 g/mol. The number of carbonyl (C=O) groups is 1. The van der Waals surface area contributed by atoms with E-state index < -0.39 is 0 Å². The Labute approximate surface area is 141 Å². The molecule has 0 atom stereocenters. The van der Waals surface area contributed by atoms with Crippen LogP contribution in [-0.4, -0.2) is 43.5 Å². The normalized spacial score (nSPS) is 15.8. The summed E-state index contributed by atoms with van der Waals surface area (Å²) in [5, 5.41) is 14.3. The van der Waals surface area contributed by atoms with Crippen molar-refractivity contribution in [3.8, 4) is 0 Å². The van der Waals surface area contributed by atoms with Crippen LogP contribution in [0.1, 0.15) is 49.0 Å². The van der Waals surface area contributed by atoms with Crippen LogP contribution in [0, 0.1) is 5.92 Å². The number of hydrogen-bond donors (Lipinski definition) is 2. The van der Waals surface area contributed by atoms with Gasteiger partial charge >= 0.3 is 0 Å². The Hall–Kier alpha value is -2.22. The Kier molecular flexibility index (Phi) is 5.24. The first kappa shape index (κ1) is 16.6. The van der Waals surface area contributed by atoms with Crippen molar-refractivity contribution < 1.29 is 4.79 Å². The van der Waals surface area contributed by atoms with Crippen molar-refractivity contribution in [1.82, 2.24) is 35.2 Å². The SMILES string of the molecule is CC(C)Cn1ccnc1CNC(=O)c1cn(C2CCNCC2)nn1. The maximum atomic E-state index is 12.3. The Balaban J connectivity index is 1.57. The Morgan fingerprint density at radius 1 is 1.42 bits per heavy atom. The number of piperidine rings is 1. The van der Waals surface area contributed by atoms with Crippen molar-refractivity contribution in [2.24, 2.45) is 5.92 Å². The van der Waals surface area contributed by atoms with Gasteiger partial charge in [-0.05, 0) is 31.8 Å². The van der Waals surface area contributed by atoms with Crippen LogP contribution in [0.3, 0.4) is 0 Å². The highest BCUT2D eigenvalue weighted by atomic mass is 16.2. The first-order valence-corrected chi connectivity index (χ1v) is 8.54. The second kappa shape index (κ2) is 7.57. The highest BCUT2D eigenvalue weighted by Crippen LogP contribution is 2.17. The van der Waals surface area contributed by atoms with Crippen LogP contribution in [0.15, 0.2) is 18.6 Å². The number of carbonyl (C=O) groups excluding carboxylic acids is 1. The van der Waals surface area contributed by atoms with Crippen LogP contribution in [0.4, 0.5) is 0 Å². The van der Waals surface area contributed by atoms with Gasteiger partial charge in [-0.3, -0.25) is 4.79 Å². The van der Waals surface area contributed by atoms with E-state index in [0.717, 1.165) is 38.3 Å². The van der Waals surface area contributed by atoms with E-state index in [-0.39, 0.29) is 5.91 Å². The molecule has 0 saturated carbocycles. The van der Waals surface area contributed by atoms with Gasteiger partial charge in [0, 0.05) is 18.9 Å². The van der Waals surface area contributed by atoms with E-state index in [9.17, 15) is 4.79 Å². The van der Waals surface area contributed by atoms with Crippen LogP contribution >= 0.6 is 0 Å². The maximum Gasteiger partial charge on any atom is 0.273 e. The van der Waals surface area contributed by atoms with E-state index in [1.807, 2.05) is 10.9 Å². The van der Waals surface area contributed by atoms with E-state index in [4.69, 9.17) is 0 Å². The molecule has 0 bridgehead atoms. The third-order valence-corrected chi connectivity index (χ3v) is 4.20. The molecule has 1 saturated heterocycles. The average molecular weight is 331 g/mol. The van der Waals surface area contributed by atoms with E-state index in [1.165, 1.54) is 0 Å². The van der Waals surface area contributed by atoms with E-state index in [2.05, 4.69) is 44.3 Å². The van der Waals surface area contributed by atoms with Gasteiger partial charge in [-0.25, -0.2) is 9.67 Å². The molecule has 0 radical (unpaired) electrons. The fourth-order valence-electron chi connectivity index (χ4n) is 2.95. The predicted octanol–water partition coefficient (Wildman–Crippen LogP) is 0.985. The zero-order valence-electron chi connectivity index (χ0n) is 14.3. The summed E-state index contributed by atoms with van der Waals surface area (Å²) in [6.07, 6.45) is 7.46. The highest BCUT2D eigenvalue weighted by Gasteiger charge is 2.19. The average Bonchev–Trinajstić information content (AvgIpc) is 3.22. The van der Waals surface area contributed by atoms with Gasteiger partial charge in [0.15, 0.2) is 5.69 Å². The van der Waals surface area contributed by atoms with Crippen molar-refractivity contribution in [2.75, 3.05) is 13.1 Å². The van der Waals surface area contributed by atoms with Gasteiger partial charge in [-0.1, -0.05) is 19.1 Å². The van der Waals surface area contributed by atoms with E-state index in [0.29, 0.717) is 24.2 Å². The van der Waals surface area contributed by atoms with Crippen molar-refractivity contribution >= 4 is 5.91 Å². The number of nitrogens with one attached hydrogen (secondary N) is 2. The molecule has 1 fully saturated rings. The molecule has 8 nitrogen and oxygen atoms in total. The molecule has 0 unspecified atom stereocenters. The molecule has 0 spiro atoms. The topological polar surface area (TPSA) is 89.7 Å². The molecule has 8 heteroatoms. The minimum Gasteiger partial charge on any atom is -0.343 e. The standard InChI is InChI=1S/C16H25N7O/c1-12(2)10-22-8-7-18-15(22)9-19-16(24)14-11-23(21-20-14)13-3-5-17-6-4-13/h7-8,11-13,17H,3-6,9-10H2,1-2H3,(H,19,24). The second-order valence-electron chi connectivity index (χ2n) is 6.64. The van der Waals surface area contributed by atoms with Gasteiger partial charge in [-0.15, -0.1) is 5.10 Å². The van der Waals surface area contributed by atoms with Crippen molar-refractivity contribution in [3.63, 3.8) is 0 Å². The number of aromatic nitrogens is 5. The van der Waals surface area contributed by atoms with Crippen LogP contribution in [-0.2, 0) is 13.1 Å². The third-order valence-electron chi connectivity index (χ3n) is 4.20. The van der Waals surface area contributed by atoms with Gasteiger partial charge in [0.05, 0.1) is 18.8 Å². The van der Waals surface area contributed by atoms with Crippen LogP contribution < -0.4 is 10.6 Å². The summed E-state index contributed by atoms with van der Waals surface area (Å²) < 4.78 is 3.88. The Bertz CT molecular complexity index is 670. The van der Waals surface area contributed by atoms with Crippen LogP contribution in [0.25, 0.3) is 0 Å². The van der Waals surface area contributed by atoms with E-state index in [1.54, 1.807) is 12.4 Å². The summed E-state index contributed by atoms with van der Waals surface area (Å²) in [4.78, 5) is 16.6. The largest absolute Gasteiger partial charge is 0.343 e. The zero-order valence-corrected chi connectivity index (χ0v) is 14.3. The van der Waals surface area contributed by atoms with Gasteiger partial charge in [0.2, 0.25) is 0 Å². The minimum atomic E-state index is -0.214. The summed E-state index contributed by atoms with van der Waals surface area (Å²) in [6, 6.07) is 0.324. The molecule has 0 aromatic carbocycles. The molecule has 24 heavy (non-hydrogen) atoms. The fourth-order valence-corrected chi connectivity index (χ4v) is 2.95. The molecule has 130 valence electrons. The summed E-state index contributed by atoms with van der Waals surface area (Å²) >= 11 is 0. The summed E-state index contributed by atoms with van der Waals surface area (Å²) in [6.45, 7) is 7.54. The lowest BCUT2D eigenvalue weighted by Crippen LogP contribution is -2.29. The lowest BCUT2D eigenvalue weighted by atomic mass is 10.1. The van der Waals surface area contributed by atoms with Gasteiger partial charge in [0.25, 0.3) is 5.91 Å². The van der Waals surface area contributed by atoms with Gasteiger partial charge in [0.1, 0.15) is 5.82 Å². The number of rotatable bonds is 6. The molecule has 2 aromatic rings. The van der Waals surface area contributed by atoms with Gasteiger partial charge in [-0.2, -0.15) is 0 Å². The Morgan fingerprint density at radius 2 is 2.21 bits per heavy atom. The molecule has 1 amide bonds. The minimum absolute atomic E-state index is 0.214. The van der Waals surface area contributed by atoms with Gasteiger partial charge < -0.3 is 15.2 Å². The van der Waals surface area contributed by atoms with Crippen LogP contribution in [0.2, 0.25) is 0 Å². The summed E-state index contributed by atoms with van der Waals surface area (Å²) in [5.74, 6) is 1.16. The molecule has 1 aliphatic heterocycles. The summed E-state index contributed by atoms with van der Waals surface area (Å²) in [5.41, 5.74) is 0.357. The second-order valence-corrected chi connectivity index (χ2v) is 6.64. The number of amides is 1. The lowest BCUT2D eigenvalue weighted by molar-refractivity contribution is 0.0944. The van der Waals surface area contributed by atoms with Crippen LogP contribution in [0.5, 0.6) is 0 Å². The van der Waals surface area contributed by atoms with Crippen molar-refractivity contribution in [1.29, 1.82) is 0 Å². The lowest BCUT2D eigenvalue weighted by Gasteiger charge is -2.22. The smallest absolute Gasteiger partial charge is 0.273 e. The molecule has 3 heterocycles. The number of hydrogen-bond acceptors (Lipinski definition) is 5. The molecule has 1 aliphatic rings. The molecular formula is C16H25N7O. The number of nitrogens with zero attached hydrogens (tertiary/aromatic N) is 5. The zero-order chi connectivity index (χ0) is 16.9. The first-order valence-electron chi connectivity index (χ1n) is 8.54. The third kappa shape index (κ3) is 4.00. The van der Waals surface area contributed by atoms with Crippen molar-refractivity contribution in [2.45, 2.75) is 45.8 Å². The molecule has 2 aromatic heterocycles. The number of imidazole rings is 1. The molecule has 0 aliphatic carbocycles.